The monoisotopic (exact) mass is 149 g/mol. The van der Waals surface area contributed by atoms with Gasteiger partial charge in [0.05, 0.1) is 0 Å². The van der Waals surface area contributed by atoms with Crippen LogP contribution in [0.25, 0.3) is 0 Å². The van der Waals surface area contributed by atoms with Gasteiger partial charge in [-0.15, -0.1) is 0 Å². The van der Waals surface area contributed by atoms with Crippen LogP contribution in [0, 0.1) is 0 Å². The third-order valence-electron chi connectivity index (χ3n) is 1.81. The first kappa shape index (κ1) is 8.12. The average Bonchev–Trinajstić information content (AvgIpc) is 2.03. The molecule has 0 radical (unpaired) electrons. The zero-order chi connectivity index (χ0) is 8.10. The van der Waals surface area contributed by atoms with Crippen molar-refractivity contribution in [1.82, 2.24) is 0 Å². The summed E-state index contributed by atoms with van der Waals surface area (Å²) in [5, 5.41) is 0. The molecule has 0 aromatic rings. The van der Waals surface area contributed by atoms with Crippen molar-refractivity contribution < 1.29 is 0 Å². The molecule has 2 N–H and O–H groups in total. The predicted octanol–water partition coefficient (Wildman–Crippen LogP) is 2.52. The molecule has 0 heterocycles. The second-order valence-corrected chi connectivity index (χ2v) is 2.92. The molecule has 0 aliphatic heterocycles. The van der Waals surface area contributed by atoms with E-state index < -0.39 is 0 Å². The van der Waals surface area contributed by atoms with Crippen LogP contribution in [0.4, 0.5) is 0 Å². The van der Waals surface area contributed by atoms with Gasteiger partial charge in [0.2, 0.25) is 0 Å². The molecule has 0 fully saturated rings. The van der Waals surface area contributed by atoms with Crippen LogP contribution < -0.4 is 5.73 Å². The quantitative estimate of drug-likeness (QED) is 0.655. The summed E-state index contributed by atoms with van der Waals surface area (Å²) >= 11 is 0. The molecule has 0 amide bonds. The fraction of sp³-hybridized carbons (Fsp3) is 0.400. The van der Waals surface area contributed by atoms with E-state index in [0.717, 1.165) is 18.5 Å². The van der Waals surface area contributed by atoms with Crippen LogP contribution in [0.2, 0.25) is 0 Å². The Balaban J connectivity index is 2.31. The Morgan fingerprint density at radius 1 is 1.55 bits per heavy atom. The molecule has 60 valence electrons. The van der Waals surface area contributed by atoms with Crippen molar-refractivity contribution in [3.63, 3.8) is 0 Å². The van der Waals surface area contributed by atoms with E-state index in [2.05, 4.69) is 24.8 Å². The molecule has 0 spiro atoms. The van der Waals surface area contributed by atoms with Gasteiger partial charge in [0.15, 0.2) is 0 Å². The van der Waals surface area contributed by atoms with Crippen molar-refractivity contribution in [3.05, 3.63) is 36.1 Å². The highest BCUT2D eigenvalue weighted by molar-refractivity contribution is 5.22. The molecular weight excluding hydrogens is 134 g/mol. The van der Waals surface area contributed by atoms with E-state index in [9.17, 15) is 0 Å². The van der Waals surface area contributed by atoms with E-state index in [-0.39, 0.29) is 0 Å². The summed E-state index contributed by atoms with van der Waals surface area (Å²) in [7, 11) is 0. The summed E-state index contributed by atoms with van der Waals surface area (Å²) in [5.74, 6) is 0. The van der Waals surface area contributed by atoms with Crippen LogP contribution in [0.5, 0.6) is 0 Å². The summed E-state index contributed by atoms with van der Waals surface area (Å²) in [6, 6.07) is 0. The van der Waals surface area contributed by atoms with E-state index >= 15 is 0 Å². The summed E-state index contributed by atoms with van der Waals surface area (Å²) in [5.41, 5.74) is 7.65. The predicted molar refractivity (Wildman–Crippen MR) is 49.0 cm³/mol. The van der Waals surface area contributed by atoms with Gasteiger partial charge in [-0.3, -0.25) is 0 Å². The maximum Gasteiger partial charge on any atom is 0.00108 e. The zero-order valence-electron chi connectivity index (χ0n) is 6.84. The van der Waals surface area contributed by atoms with Crippen LogP contribution in [0.15, 0.2) is 36.1 Å². The maximum atomic E-state index is 5.46. The number of rotatable bonds is 3. The summed E-state index contributed by atoms with van der Waals surface area (Å²) in [6.45, 7) is 3.67. The van der Waals surface area contributed by atoms with E-state index in [4.69, 9.17) is 5.73 Å². The summed E-state index contributed by atoms with van der Waals surface area (Å²) in [4.78, 5) is 0. The fourth-order valence-electron chi connectivity index (χ4n) is 1.16. The van der Waals surface area contributed by atoms with Gasteiger partial charge in [0.25, 0.3) is 0 Å². The lowest BCUT2D eigenvalue weighted by molar-refractivity contribution is 0.903. The normalized spacial score (nSPS) is 16.2. The zero-order valence-corrected chi connectivity index (χ0v) is 6.84. The molecule has 1 aliphatic carbocycles. The first-order valence-corrected chi connectivity index (χ1v) is 4.08. The minimum absolute atomic E-state index is 0.782. The average molecular weight is 149 g/mol. The van der Waals surface area contributed by atoms with Crippen LogP contribution in [-0.4, -0.2) is 0 Å². The lowest BCUT2D eigenvalue weighted by Gasteiger charge is -2.05. The van der Waals surface area contributed by atoms with Gasteiger partial charge >= 0.3 is 0 Å². The Morgan fingerprint density at radius 2 is 2.36 bits per heavy atom. The van der Waals surface area contributed by atoms with Crippen LogP contribution in [0.1, 0.15) is 25.7 Å². The first-order valence-electron chi connectivity index (χ1n) is 4.08. The molecule has 0 bridgehead atoms. The highest BCUT2D eigenvalue weighted by Gasteiger charge is 1.96. The molecule has 0 aromatic heterocycles. The third-order valence-corrected chi connectivity index (χ3v) is 1.81. The Hall–Kier alpha value is -0.980. The van der Waals surface area contributed by atoms with Crippen molar-refractivity contribution >= 4 is 0 Å². The maximum absolute atomic E-state index is 5.46. The van der Waals surface area contributed by atoms with Gasteiger partial charge in [-0.1, -0.05) is 30.4 Å². The van der Waals surface area contributed by atoms with Crippen molar-refractivity contribution in [3.8, 4) is 0 Å². The van der Waals surface area contributed by atoms with Gasteiger partial charge < -0.3 is 5.73 Å². The number of allylic oxidation sites excluding steroid dienone is 5. The molecule has 0 unspecified atom stereocenters. The second-order valence-electron chi connectivity index (χ2n) is 2.92. The lowest BCUT2D eigenvalue weighted by atomic mass is 10.0. The largest absolute Gasteiger partial charge is 0.403 e. The van der Waals surface area contributed by atoms with Gasteiger partial charge in [0.1, 0.15) is 0 Å². The first-order chi connectivity index (χ1) is 5.29. The summed E-state index contributed by atoms with van der Waals surface area (Å²) < 4.78 is 0. The standard InChI is InChI=1S/C10H15N/c1-9(11)7-8-10-5-3-2-4-6-10/h3,5-6H,1-2,4,7-8,11H2. The van der Waals surface area contributed by atoms with Crippen LogP contribution in [-0.2, 0) is 0 Å². The molecule has 1 nitrogen and oxygen atoms in total. The van der Waals surface area contributed by atoms with E-state index in [1.54, 1.807) is 0 Å². The van der Waals surface area contributed by atoms with E-state index in [0.29, 0.717) is 0 Å². The smallest absolute Gasteiger partial charge is 0.00108 e. The summed E-state index contributed by atoms with van der Waals surface area (Å²) in [6.07, 6.45) is 11.0. The Kier molecular flexibility index (Phi) is 2.96. The van der Waals surface area contributed by atoms with E-state index in [1.165, 1.54) is 18.4 Å². The fourth-order valence-corrected chi connectivity index (χ4v) is 1.16. The Labute approximate surface area is 68.3 Å². The molecule has 1 heteroatoms. The molecule has 1 aliphatic rings. The highest BCUT2D eigenvalue weighted by Crippen LogP contribution is 2.15. The molecule has 0 atom stereocenters. The van der Waals surface area contributed by atoms with Gasteiger partial charge in [-0.2, -0.15) is 0 Å². The minimum Gasteiger partial charge on any atom is -0.403 e. The highest BCUT2D eigenvalue weighted by atomic mass is 14.5. The molecule has 11 heavy (non-hydrogen) atoms. The molecule has 0 saturated heterocycles. The van der Waals surface area contributed by atoms with Crippen LogP contribution >= 0.6 is 0 Å². The topological polar surface area (TPSA) is 26.0 Å². The van der Waals surface area contributed by atoms with Crippen molar-refractivity contribution in [2.45, 2.75) is 25.7 Å². The lowest BCUT2D eigenvalue weighted by Crippen LogP contribution is -1.95. The third kappa shape index (κ3) is 3.08. The van der Waals surface area contributed by atoms with Crippen molar-refractivity contribution in [2.24, 2.45) is 5.73 Å². The molecule has 1 rings (SSSR count). The van der Waals surface area contributed by atoms with Gasteiger partial charge in [-0.25, -0.2) is 0 Å². The number of hydrogen-bond donors (Lipinski definition) is 1. The van der Waals surface area contributed by atoms with Gasteiger partial charge in [0, 0.05) is 5.70 Å². The van der Waals surface area contributed by atoms with Gasteiger partial charge in [-0.05, 0) is 25.7 Å². The van der Waals surface area contributed by atoms with Crippen molar-refractivity contribution in [2.75, 3.05) is 0 Å². The number of nitrogens with two attached hydrogens (primary N) is 1. The van der Waals surface area contributed by atoms with Crippen molar-refractivity contribution in [1.29, 1.82) is 0 Å². The number of hydrogen-bond acceptors (Lipinski definition) is 1. The SMILES string of the molecule is C=C(N)CCC1=CCCC=C1. The molecule has 0 aromatic carbocycles. The second kappa shape index (κ2) is 4.02. The molecule has 0 saturated carbocycles. The van der Waals surface area contributed by atoms with Crippen LogP contribution in [0.3, 0.4) is 0 Å². The molecular formula is C10H15N. The Morgan fingerprint density at radius 3 is 2.91 bits per heavy atom. The Bertz CT molecular complexity index is 199. The minimum atomic E-state index is 0.782. The van der Waals surface area contributed by atoms with E-state index in [1.807, 2.05) is 0 Å².